The molecule has 9 nitrogen and oxygen atoms in total. The number of nitrogens with zero attached hydrogens (tertiary/aromatic N) is 4. The van der Waals surface area contributed by atoms with E-state index in [1.54, 1.807) is 24.5 Å². The fourth-order valence-electron chi connectivity index (χ4n) is 2.89. The van der Waals surface area contributed by atoms with Crippen molar-refractivity contribution in [3.8, 4) is 0 Å². The number of sulfonamides is 1. The van der Waals surface area contributed by atoms with Crippen molar-refractivity contribution in [1.29, 1.82) is 0 Å². The van der Waals surface area contributed by atoms with Gasteiger partial charge >= 0.3 is 0 Å². The number of aliphatic imine (C=N–C) groups is 1. The van der Waals surface area contributed by atoms with E-state index in [9.17, 15) is 8.42 Å². The van der Waals surface area contributed by atoms with E-state index in [-0.39, 0.29) is 35.4 Å². The predicted octanol–water partition coefficient (Wildman–Crippen LogP) is 2.29. The quantitative estimate of drug-likeness (QED) is 0.245. The second-order valence-electron chi connectivity index (χ2n) is 7.88. The summed E-state index contributed by atoms with van der Waals surface area (Å²) in [7, 11) is -3.64. The van der Waals surface area contributed by atoms with Crippen LogP contribution in [0.25, 0.3) is 0 Å². The molecular weight excluding hydrogens is 529 g/mol. The highest BCUT2D eigenvalue weighted by molar-refractivity contribution is 14.0. The van der Waals surface area contributed by atoms with Crippen LogP contribution in [0.1, 0.15) is 46.0 Å². The lowest BCUT2D eigenvalue weighted by atomic mass is 10.1. The fourth-order valence-corrected chi connectivity index (χ4v) is 4.55. The van der Waals surface area contributed by atoms with Crippen molar-refractivity contribution in [1.82, 2.24) is 30.1 Å². The van der Waals surface area contributed by atoms with Crippen molar-refractivity contribution >= 4 is 40.0 Å². The molecule has 1 heterocycles. The predicted molar refractivity (Wildman–Crippen MR) is 134 cm³/mol. The van der Waals surface area contributed by atoms with Crippen molar-refractivity contribution in [3.63, 3.8) is 0 Å². The van der Waals surface area contributed by atoms with Crippen molar-refractivity contribution in [3.05, 3.63) is 42.0 Å². The molecule has 2 aromatic rings. The van der Waals surface area contributed by atoms with Gasteiger partial charge in [0.25, 0.3) is 0 Å². The maximum atomic E-state index is 12.8. The number of guanidine groups is 1. The van der Waals surface area contributed by atoms with E-state index in [0.29, 0.717) is 31.2 Å². The van der Waals surface area contributed by atoms with Crippen LogP contribution < -0.4 is 15.4 Å². The van der Waals surface area contributed by atoms with Crippen LogP contribution in [0.5, 0.6) is 0 Å². The van der Waals surface area contributed by atoms with Gasteiger partial charge in [0, 0.05) is 31.6 Å². The molecule has 174 valence electrons. The molecule has 0 unspecified atom stereocenters. The normalized spacial score (nSPS) is 12.4. The Bertz CT molecular complexity index is 952. The Kier molecular flexibility index (Phi) is 10.9. The molecule has 0 radical (unpaired) electrons. The number of hydrogen-bond acceptors (Lipinski definition) is 5. The zero-order valence-electron chi connectivity index (χ0n) is 18.8. The molecule has 1 aromatic carbocycles. The average Bonchev–Trinajstić information content (AvgIpc) is 3.12. The molecule has 0 amide bonds. The third-order valence-electron chi connectivity index (χ3n) is 4.11. The van der Waals surface area contributed by atoms with Crippen molar-refractivity contribution < 1.29 is 8.42 Å². The topological polar surface area (TPSA) is 113 Å². The zero-order chi connectivity index (χ0) is 22.2. The van der Waals surface area contributed by atoms with Gasteiger partial charge in [-0.2, -0.15) is 0 Å². The van der Waals surface area contributed by atoms with Crippen LogP contribution >= 0.6 is 24.0 Å². The number of nitrogens with one attached hydrogen (secondary N) is 3. The molecule has 0 bridgehead atoms. The molecule has 0 saturated carbocycles. The van der Waals surface area contributed by atoms with Gasteiger partial charge in [-0.15, -0.1) is 34.2 Å². The summed E-state index contributed by atoms with van der Waals surface area (Å²) in [6, 6.07) is 6.94. The number of aryl methyl sites for hydroxylation is 1. The standard InChI is InChI=1S/C20H33N7O2S.HI/c1-6-18-25-24-15-27(18)13-12-22-19(21-7-2)23-14-16-10-8-9-11-17(16)30(28,29)26-20(3,4)5;/h8-11,15,26H,6-7,12-14H2,1-5H3,(H2,21,22,23);1H. The first-order valence-corrected chi connectivity index (χ1v) is 11.7. The van der Waals surface area contributed by atoms with E-state index < -0.39 is 15.6 Å². The Labute approximate surface area is 202 Å². The first-order chi connectivity index (χ1) is 14.2. The average molecular weight is 564 g/mol. The molecule has 0 saturated heterocycles. The van der Waals surface area contributed by atoms with E-state index in [2.05, 4.69) is 30.5 Å². The fraction of sp³-hybridized carbons (Fsp3) is 0.550. The second kappa shape index (κ2) is 12.3. The van der Waals surface area contributed by atoms with Crippen molar-refractivity contribution in [2.45, 2.75) is 64.6 Å². The number of rotatable bonds is 9. The third kappa shape index (κ3) is 8.73. The molecule has 11 heteroatoms. The minimum atomic E-state index is -3.64. The maximum absolute atomic E-state index is 12.8. The maximum Gasteiger partial charge on any atom is 0.241 e. The first kappa shape index (κ1) is 27.3. The third-order valence-corrected chi connectivity index (χ3v) is 5.97. The summed E-state index contributed by atoms with van der Waals surface area (Å²) in [6.45, 7) is 11.8. The van der Waals surface area contributed by atoms with E-state index in [4.69, 9.17) is 0 Å². The molecule has 0 fully saturated rings. The summed E-state index contributed by atoms with van der Waals surface area (Å²) >= 11 is 0. The molecule has 31 heavy (non-hydrogen) atoms. The van der Waals surface area contributed by atoms with Gasteiger partial charge in [-0.25, -0.2) is 18.1 Å². The van der Waals surface area contributed by atoms with Gasteiger partial charge in [0.2, 0.25) is 10.0 Å². The number of aromatic nitrogens is 3. The van der Waals surface area contributed by atoms with Gasteiger partial charge in [-0.3, -0.25) is 0 Å². The van der Waals surface area contributed by atoms with E-state index in [1.165, 1.54) is 0 Å². The van der Waals surface area contributed by atoms with Crippen molar-refractivity contribution in [2.75, 3.05) is 13.1 Å². The van der Waals surface area contributed by atoms with Crippen LogP contribution in [0.15, 0.2) is 40.5 Å². The molecule has 0 atom stereocenters. The molecule has 2 rings (SSSR count). The molecule has 0 spiro atoms. The minimum absolute atomic E-state index is 0. The minimum Gasteiger partial charge on any atom is -0.357 e. The van der Waals surface area contributed by atoms with Crippen molar-refractivity contribution in [2.24, 2.45) is 4.99 Å². The van der Waals surface area contributed by atoms with Crippen LogP contribution in [0.2, 0.25) is 0 Å². The van der Waals surface area contributed by atoms with Crippen LogP contribution in [-0.2, 0) is 29.5 Å². The second-order valence-corrected chi connectivity index (χ2v) is 9.53. The summed E-state index contributed by atoms with van der Waals surface area (Å²) in [4.78, 5) is 4.82. The van der Waals surface area contributed by atoms with E-state index >= 15 is 0 Å². The Morgan fingerprint density at radius 1 is 1.16 bits per heavy atom. The Hall–Kier alpha value is -1.73. The molecule has 0 aliphatic carbocycles. The Morgan fingerprint density at radius 2 is 1.87 bits per heavy atom. The number of hydrogen-bond donors (Lipinski definition) is 3. The van der Waals surface area contributed by atoms with Crippen LogP contribution in [-0.4, -0.2) is 47.8 Å². The van der Waals surface area contributed by atoms with E-state index in [0.717, 1.165) is 12.2 Å². The number of benzene rings is 1. The largest absolute Gasteiger partial charge is 0.357 e. The van der Waals surface area contributed by atoms with Gasteiger partial charge < -0.3 is 15.2 Å². The van der Waals surface area contributed by atoms with Gasteiger partial charge in [0.15, 0.2) is 5.96 Å². The smallest absolute Gasteiger partial charge is 0.241 e. The van der Waals surface area contributed by atoms with E-state index in [1.807, 2.05) is 45.3 Å². The number of halogens is 1. The summed E-state index contributed by atoms with van der Waals surface area (Å²) in [5.41, 5.74) is 0.0733. The summed E-state index contributed by atoms with van der Waals surface area (Å²) in [5, 5.41) is 14.5. The van der Waals surface area contributed by atoms with Crippen LogP contribution in [0.4, 0.5) is 0 Å². The molecule has 0 aliphatic heterocycles. The molecular formula is C20H34IN7O2S. The Balaban J connectivity index is 0.00000480. The first-order valence-electron chi connectivity index (χ1n) is 10.2. The SMILES string of the molecule is CCNC(=NCc1ccccc1S(=O)(=O)NC(C)(C)C)NCCn1cnnc1CC.I. The highest BCUT2D eigenvalue weighted by Crippen LogP contribution is 2.18. The summed E-state index contributed by atoms with van der Waals surface area (Å²) in [6.07, 6.45) is 2.54. The van der Waals surface area contributed by atoms with Gasteiger partial charge in [-0.1, -0.05) is 25.1 Å². The monoisotopic (exact) mass is 563 g/mol. The highest BCUT2D eigenvalue weighted by atomic mass is 127. The molecule has 0 aliphatic rings. The lowest BCUT2D eigenvalue weighted by Crippen LogP contribution is -2.41. The molecule has 1 aromatic heterocycles. The summed E-state index contributed by atoms with van der Waals surface area (Å²) < 4.78 is 30.3. The van der Waals surface area contributed by atoms with Gasteiger partial charge in [0.05, 0.1) is 11.4 Å². The summed E-state index contributed by atoms with van der Waals surface area (Å²) in [5.74, 6) is 1.56. The van der Waals surface area contributed by atoms with Gasteiger partial charge in [-0.05, 0) is 39.3 Å². The highest BCUT2D eigenvalue weighted by Gasteiger charge is 2.24. The lowest BCUT2D eigenvalue weighted by molar-refractivity contribution is 0.491. The Morgan fingerprint density at radius 3 is 2.52 bits per heavy atom. The van der Waals surface area contributed by atoms with Gasteiger partial charge in [0.1, 0.15) is 12.2 Å². The van der Waals surface area contributed by atoms with Crippen LogP contribution in [0.3, 0.4) is 0 Å². The van der Waals surface area contributed by atoms with Crippen LogP contribution in [0, 0.1) is 0 Å². The lowest BCUT2D eigenvalue weighted by Gasteiger charge is -2.21. The molecule has 3 N–H and O–H groups in total. The zero-order valence-corrected chi connectivity index (χ0v) is 22.0.